The summed E-state index contributed by atoms with van der Waals surface area (Å²) in [7, 11) is 1.85. The van der Waals surface area contributed by atoms with E-state index in [1.165, 1.54) is 45.1 Å². The lowest BCUT2D eigenvalue weighted by Crippen LogP contribution is -2.62. The van der Waals surface area contributed by atoms with E-state index in [1.807, 2.05) is 7.11 Å². The van der Waals surface area contributed by atoms with Gasteiger partial charge in [0.05, 0.1) is 5.60 Å². The Labute approximate surface area is 112 Å². The summed E-state index contributed by atoms with van der Waals surface area (Å²) >= 11 is 0. The molecule has 0 bridgehead atoms. The van der Waals surface area contributed by atoms with Crippen LogP contribution in [0.1, 0.15) is 52.4 Å². The fourth-order valence-corrected chi connectivity index (χ4v) is 4.01. The van der Waals surface area contributed by atoms with Crippen molar-refractivity contribution in [1.82, 2.24) is 4.90 Å². The number of nitrogens with zero attached hydrogens (tertiary/aromatic N) is 1. The summed E-state index contributed by atoms with van der Waals surface area (Å²) in [5.74, 6) is 0.818. The third-order valence-electron chi connectivity index (χ3n) is 5.27. The van der Waals surface area contributed by atoms with Crippen LogP contribution in [0.15, 0.2) is 0 Å². The average molecular weight is 254 g/mol. The summed E-state index contributed by atoms with van der Waals surface area (Å²) < 4.78 is 5.73. The molecule has 2 N–H and O–H groups in total. The minimum atomic E-state index is 0.0289. The minimum Gasteiger partial charge on any atom is -0.377 e. The van der Waals surface area contributed by atoms with Crippen molar-refractivity contribution < 1.29 is 4.74 Å². The van der Waals surface area contributed by atoms with Crippen molar-refractivity contribution in [2.24, 2.45) is 11.7 Å². The van der Waals surface area contributed by atoms with Gasteiger partial charge in [-0.1, -0.05) is 19.8 Å². The second-order valence-electron chi connectivity index (χ2n) is 6.81. The van der Waals surface area contributed by atoms with Crippen LogP contribution in [-0.2, 0) is 4.74 Å². The molecule has 1 saturated heterocycles. The zero-order valence-electron chi connectivity index (χ0n) is 12.4. The van der Waals surface area contributed by atoms with Gasteiger partial charge in [0.25, 0.3) is 0 Å². The molecular formula is C15H30N2O. The first-order chi connectivity index (χ1) is 8.53. The molecule has 0 aromatic heterocycles. The highest BCUT2D eigenvalue weighted by molar-refractivity contribution is 5.00. The maximum absolute atomic E-state index is 6.18. The van der Waals surface area contributed by atoms with Crippen molar-refractivity contribution in [1.29, 1.82) is 0 Å². The zero-order chi connectivity index (χ0) is 13.2. The quantitative estimate of drug-likeness (QED) is 0.840. The van der Waals surface area contributed by atoms with E-state index in [1.54, 1.807) is 0 Å². The molecule has 106 valence electrons. The third kappa shape index (κ3) is 2.73. The first-order valence-electron chi connectivity index (χ1n) is 7.54. The smallest absolute Gasteiger partial charge is 0.0777 e. The molecule has 2 rings (SSSR count). The van der Waals surface area contributed by atoms with E-state index in [0.29, 0.717) is 0 Å². The van der Waals surface area contributed by atoms with Crippen molar-refractivity contribution in [3.63, 3.8) is 0 Å². The fraction of sp³-hybridized carbons (Fsp3) is 1.00. The zero-order valence-corrected chi connectivity index (χ0v) is 12.4. The van der Waals surface area contributed by atoms with Gasteiger partial charge in [0.2, 0.25) is 0 Å². The van der Waals surface area contributed by atoms with Crippen molar-refractivity contribution in [2.75, 3.05) is 26.7 Å². The lowest BCUT2D eigenvalue weighted by Gasteiger charge is -2.52. The number of piperidine rings is 1. The normalized spacial score (nSPS) is 43.0. The molecule has 1 aliphatic carbocycles. The topological polar surface area (TPSA) is 38.5 Å². The molecule has 0 spiro atoms. The van der Waals surface area contributed by atoms with E-state index in [-0.39, 0.29) is 11.1 Å². The Morgan fingerprint density at radius 2 is 2.11 bits per heavy atom. The van der Waals surface area contributed by atoms with E-state index in [4.69, 9.17) is 10.5 Å². The van der Waals surface area contributed by atoms with E-state index >= 15 is 0 Å². The Hall–Kier alpha value is -0.120. The maximum Gasteiger partial charge on any atom is 0.0777 e. The Bertz CT molecular complexity index is 284. The Balaban J connectivity index is 2.11. The fourth-order valence-electron chi connectivity index (χ4n) is 4.01. The summed E-state index contributed by atoms with van der Waals surface area (Å²) in [6, 6.07) is 0. The van der Waals surface area contributed by atoms with Crippen molar-refractivity contribution in [3.05, 3.63) is 0 Å². The number of hydrogen-bond acceptors (Lipinski definition) is 3. The Morgan fingerprint density at radius 3 is 2.72 bits per heavy atom. The largest absolute Gasteiger partial charge is 0.377 e. The molecule has 0 amide bonds. The van der Waals surface area contributed by atoms with Crippen LogP contribution in [0, 0.1) is 5.92 Å². The monoisotopic (exact) mass is 254 g/mol. The lowest BCUT2D eigenvalue weighted by atomic mass is 9.74. The molecule has 3 atom stereocenters. The van der Waals surface area contributed by atoms with Crippen LogP contribution < -0.4 is 5.73 Å². The van der Waals surface area contributed by atoms with Crippen LogP contribution in [0.4, 0.5) is 0 Å². The molecule has 18 heavy (non-hydrogen) atoms. The number of ether oxygens (including phenoxy) is 1. The molecule has 0 aromatic rings. The van der Waals surface area contributed by atoms with Crippen LogP contribution in [0.25, 0.3) is 0 Å². The van der Waals surface area contributed by atoms with Gasteiger partial charge in [0, 0.05) is 25.7 Å². The van der Waals surface area contributed by atoms with Crippen molar-refractivity contribution in [2.45, 2.75) is 63.5 Å². The standard InChI is InChI=1S/C15H30N2O/c1-13-6-4-8-15(10-13,11-16)17-9-5-7-14(2,12-17)18-3/h13H,4-12,16H2,1-3H3. The highest BCUT2D eigenvalue weighted by atomic mass is 16.5. The molecule has 0 radical (unpaired) electrons. The molecule has 3 nitrogen and oxygen atoms in total. The molecule has 3 heteroatoms. The predicted octanol–water partition coefficient (Wildman–Crippen LogP) is 2.39. The second kappa shape index (κ2) is 5.48. The average Bonchev–Trinajstić information content (AvgIpc) is 2.38. The molecule has 1 saturated carbocycles. The summed E-state index contributed by atoms with van der Waals surface area (Å²) in [5.41, 5.74) is 6.46. The third-order valence-corrected chi connectivity index (χ3v) is 5.27. The predicted molar refractivity (Wildman–Crippen MR) is 75.6 cm³/mol. The van der Waals surface area contributed by atoms with Crippen LogP contribution in [0.3, 0.4) is 0 Å². The Morgan fingerprint density at radius 1 is 1.33 bits per heavy atom. The van der Waals surface area contributed by atoms with Crippen LogP contribution in [0.2, 0.25) is 0 Å². The van der Waals surface area contributed by atoms with E-state index in [2.05, 4.69) is 18.7 Å². The molecule has 1 heterocycles. The second-order valence-corrected chi connectivity index (χ2v) is 6.81. The van der Waals surface area contributed by atoms with Gasteiger partial charge >= 0.3 is 0 Å². The number of methoxy groups -OCH3 is 1. The number of nitrogens with two attached hydrogens (primary N) is 1. The molecule has 2 fully saturated rings. The number of likely N-dealkylation sites (tertiary alicyclic amines) is 1. The Kier molecular flexibility index (Phi) is 4.35. The summed E-state index contributed by atoms with van der Waals surface area (Å²) in [6.45, 7) is 7.67. The van der Waals surface area contributed by atoms with E-state index in [9.17, 15) is 0 Å². The summed E-state index contributed by atoms with van der Waals surface area (Å²) in [4.78, 5) is 2.65. The molecule has 3 unspecified atom stereocenters. The van der Waals surface area contributed by atoms with Gasteiger partial charge in [-0.05, 0) is 45.1 Å². The van der Waals surface area contributed by atoms with Gasteiger partial charge in [0.1, 0.15) is 0 Å². The molecular weight excluding hydrogens is 224 g/mol. The first kappa shape index (κ1) is 14.3. The molecule has 0 aromatic carbocycles. The lowest BCUT2D eigenvalue weighted by molar-refractivity contribution is -0.0905. The van der Waals surface area contributed by atoms with Crippen LogP contribution in [-0.4, -0.2) is 42.8 Å². The highest BCUT2D eigenvalue weighted by Gasteiger charge is 2.43. The summed E-state index contributed by atoms with van der Waals surface area (Å²) in [5, 5.41) is 0. The highest BCUT2D eigenvalue weighted by Crippen LogP contribution is 2.39. The van der Waals surface area contributed by atoms with Crippen molar-refractivity contribution in [3.8, 4) is 0 Å². The molecule has 1 aliphatic heterocycles. The van der Waals surface area contributed by atoms with Crippen molar-refractivity contribution >= 4 is 0 Å². The van der Waals surface area contributed by atoms with Gasteiger partial charge in [0.15, 0.2) is 0 Å². The number of hydrogen-bond donors (Lipinski definition) is 1. The van der Waals surface area contributed by atoms with Gasteiger partial charge in [-0.3, -0.25) is 4.90 Å². The van der Waals surface area contributed by atoms with Gasteiger partial charge in [-0.2, -0.15) is 0 Å². The minimum absolute atomic E-state index is 0.0289. The van der Waals surface area contributed by atoms with Gasteiger partial charge in [-0.15, -0.1) is 0 Å². The van der Waals surface area contributed by atoms with E-state index < -0.39 is 0 Å². The number of rotatable bonds is 3. The summed E-state index contributed by atoms with van der Waals surface area (Å²) in [6.07, 6.45) is 7.66. The van der Waals surface area contributed by atoms with Gasteiger partial charge in [-0.25, -0.2) is 0 Å². The van der Waals surface area contributed by atoms with E-state index in [0.717, 1.165) is 19.0 Å². The van der Waals surface area contributed by atoms with Crippen LogP contribution in [0.5, 0.6) is 0 Å². The maximum atomic E-state index is 6.18. The van der Waals surface area contributed by atoms with Gasteiger partial charge < -0.3 is 10.5 Å². The first-order valence-corrected chi connectivity index (χ1v) is 7.54. The molecule has 2 aliphatic rings. The SMILES string of the molecule is COC1(C)CCCN(C2(CN)CCCC(C)C2)C1. The van der Waals surface area contributed by atoms with Crippen LogP contribution >= 0.6 is 0 Å².